The number of hydrogen-bond acceptors (Lipinski definition) is 5. The van der Waals surface area contributed by atoms with E-state index in [4.69, 9.17) is 27.6 Å². The standard InChI is InChI=1S/C25H20Cl2FN3O2S/c1-2-34-17-5-4-15(29-13-17)12-22(32)30-16-10-18(26)23(19(27)11-16)25(7-8-25)24-31-20-6-3-14(28)9-21(20)33-24/h3-6,9-11,13H,2,7-8,12H2,1H3,(H,30,32). The molecular weight excluding hydrogens is 496 g/mol. The molecule has 0 radical (unpaired) electrons. The second kappa shape index (κ2) is 9.21. The number of amides is 1. The van der Waals surface area contributed by atoms with Crippen LogP contribution in [-0.4, -0.2) is 21.6 Å². The van der Waals surface area contributed by atoms with Crippen molar-refractivity contribution in [2.24, 2.45) is 0 Å². The van der Waals surface area contributed by atoms with E-state index in [0.29, 0.717) is 44.0 Å². The number of nitrogens with zero attached hydrogens (tertiary/aromatic N) is 2. The first-order valence-corrected chi connectivity index (χ1v) is 12.6. The molecule has 1 fully saturated rings. The Labute approximate surface area is 210 Å². The van der Waals surface area contributed by atoms with Crippen LogP contribution in [0.25, 0.3) is 11.1 Å². The second-order valence-corrected chi connectivity index (χ2v) is 10.3. The van der Waals surface area contributed by atoms with Gasteiger partial charge in [0.05, 0.1) is 11.8 Å². The molecule has 2 aromatic heterocycles. The van der Waals surface area contributed by atoms with E-state index < -0.39 is 5.41 Å². The highest BCUT2D eigenvalue weighted by atomic mass is 35.5. The third-order valence-electron chi connectivity index (χ3n) is 5.76. The fourth-order valence-corrected chi connectivity index (χ4v) is 5.51. The summed E-state index contributed by atoms with van der Waals surface area (Å²) < 4.78 is 19.5. The molecule has 34 heavy (non-hydrogen) atoms. The summed E-state index contributed by atoms with van der Waals surface area (Å²) in [5, 5.41) is 3.66. The molecule has 2 aromatic carbocycles. The number of benzene rings is 2. The van der Waals surface area contributed by atoms with Crippen molar-refractivity contribution in [1.29, 1.82) is 0 Å². The van der Waals surface area contributed by atoms with Crippen LogP contribution in [0.2, 0.25) is 10.0 Å². The van der Waals surface area contributed by atoms with Crippen LogP contribution < -0.4 is 5.32 Å². The van der Waals surface area contributed by atoms with Crippen LogP contribution >= 0.6 is 35.0 Å². The van der Waals surface area contributed by atoms with E-state index in [1.165, 1.54) is 12.1 Å². The maximum Gasteiger partial charge on any atom is 0.230 e. The molecule has 1 amide bonds. The summed E-state index contributed by atoms with van der Waals surface area (Å²) >= 11 is 15.0. The molecule has 5 rings (SSSR count). The smallest absolute Gasteiger partial charge is 0.230 e. The Morgan fingerprint density at radius 2 is 1.94 bits per heavy atom. The van der Waals surface area contributed by atoms with E-state index in [1.807, 2.05) is 12.1 Å². The highest BCUT2D eigenvalue weighted by Gasteiger charge is 2.52. The molecule has 1 N–H and O–H groups in total. The molecule has 0 saturated heterocycles. The number of carbonyl (C=O) groups is 1. The van der Waals surface area contributed by atoms with Gasteiger partial charge in [-0.25, -0.2) is 9.37 Å². The number of aromatic nitrogens is 2. The minimum absolute atomic E-state index is 0.136. The van der Waals surface area contributed by atoms with Crippen LogP contribution in [-0.2, 0) is 16.6 Å². The Hall–Kier alpha value is -2.61. The molecule has 0 aliphatic heterocycles. The summed E-state index contributed by atoms with van der Waals surface area (Å²) in [7, 11) is 0. The summed E-state index contributed by atoms with van der Waals surface area (Å²) in [5.41, 5.74) is 2.27. The molecule has 174 valence electrons. The van der Waals surface area contributed by atoms with Crippen molar-refractivity contribution in [1.82, 2.24) is 9.97 Å². The van der Waals surface area contributed by atoms with Crippen molar-refractivity contribution in [2.75, 3.05) is 11.1 Å². The zero-order chi connectivity index (χ0) is 23.9. The second-order valence-electron chi connectivity index (χ2n) is 8.17. The van der Waals surface area contributed by atoms with Gasteiger partial charge in [0.2, 0.25) is 11.8 Å². The van der Waals surface area contributed by atoms with Crippen molar-refractivity contribution in [2.45, 2.75) is 36.5 Å². The number of nitrogens with one attached hydrogen (secondary N) is 1. The Bertz CT molecular complexity index is 1360. The molecule has 4 aromatic rings. The number of thioether (sulfide) groups is 1. The Kier molecular flexibility index (Phi) is 6.27. The van der Waals surface area contributed by atoms with Crippen LogP contribution in [0, 0.1) is 5.82 Å². The number of halogens is 3. The van der Waals surface area contributed by atoms with E-state index in [2.05, 4.69) is 22.2 Å². The SMILES string of the molecule is CCSc1ccc(CC(=O)Nc2cc(Cl)c(C3(c4nc5ccc(F)cc5o4)CC3)c(Cl)c2)nc1. The molecular formula is C25H20Cl2FN3O2S. The first-order valence-electron chi connectivity index (χ1n) is 10.8. The first kappa shape index (κ1) is 23.1. The maximum atomic E-state index is 13.6. The third-order valence-corrected chi connectivity index (χ3v) is 7.22. The maximum absolute atomic E-state index is 13.6. The van der Waals surface area contributed by atoms with Crippen molar-refractivity contribution in [3.8, 4) is 0 Å². The molecule has 0 atom stereocenters. The van der Waals surface area contributed by atoms with Crippen molar-refractivity contribution in [3.05, 3.63) is 81.7 Å². The topological polar surface area (TPSA) is 68.0 Å². The van der Waals surface area contributed by atoms with E-state index in [9.17, 15) is 9.18 Å². The van der Waals surface area contributed by atoms with Crippen LogP contribution in [0.15, 0.2) is 58.0 Å². The normalized spacial score (nSPS) is 14.4. The monoisotopic (exact) mass is 515 g/mol. The summed E-state index contributed by atoms with van der Waals surface area (Å²) in [5.74, 6) is 0.822. The predicted octanol–water partition coefficient (Wildman–Crippen LogP) is 7.04. The van der Waals surface area contributed by atoms with Crippen LogP contribution in [0.1, 0.15) is 36.9 Å². The molecule has 1 saturated carbocycles. The molecule has 1 aliphatic rings. The van der Waals surface area contributed by atoms with Gasteiger partial charge < -0.3 is 9.73 Å². The summed E-state index contributed by atoms with van der Waals surface area (Å²) in [4.78, 5) is 22.5. The summed E-state index contributed by atoms with van der Waals surface area (Å²) in [6.07, 6.45) is 3.42. The molecule has 0 bridgehead atoms. The number of anilines is 1. The minimum Gasteiger partial charge on any atom is -0.440 e. The van der Waals surface area contributed by atoms with Gasteiger partial charge in [-0.2, -0.15) is 0 Å². The summed E-state index contributed by atoms with van der Waals surface area (Å²) in [6, 6.07) is 11.4. The minimum atomic E-state index is -0.561. The van der Waals surface area contributed by atoms with Gasteiger partial charge in [0.15, 0.2) is 5.58 Å². The third kappa shape index (κ3) is 4.52. The van der Waals surface area contributed by atoms with Gasteiger partial charge in [0, 0.05) is 44.1 Å². The van der Waals surface area contributed by atoms with E-state index in [0.717, 1.165) is 23.5 Å². The number of hydrogen-bond donors (Lipinski definition) is 1. The van der Waals surface area contributed by atoms with Gasteiger partial charge in [-0.05, 0) is 55.0 Å². The van der Waals surface area contributed by atoms with Crippen molar-refractivity contribution < 1.29 is 13.6 Å². The number of rotatable bonds is 7. The Morgan fingerprint density at radius 1 is 1.18 bits per heavy atom. The van der Waals surface area contributed by atoms with E-state index in [-0.39, 0.29) is 18.1 Å². The number of fused-ring (bicyclic) bond motifs is 1. The average Bonchev–Trinajstić information content (AvgIpc) is 3.46. The molecule has 0 spiro atoms. The lowest BCUT2D eigenvalue weighted by atomic mass is 9.95. The zero-order valence-electron chi connectivity index (χ0n) is 18.2. The lowest BCUT2D eigenvalue weighted by Gasteiger charge is -2.17. The predicted molar refractivity (Wildman–Crippen MR) is 133 cm³/mol. The fraction of sp³-hybridized carbons (Fsp3) is 0.240. The van der Waals surface area contributed by atoms with Crippen LogP contribution in [0.3, 0.4) is 0 Å². The number of oxazole rings is 1. The quantitative estimate of drug-likeness (QED) is 0.267. The van der Waals surface area contributed by atoms with E-state index in [1.54, 1.807) is 36.2 Å². The number of carbonyl (C=O) groups excluding carboxylic acids is 1. The molecule has 1 aliphatic carbocycles. The van der Waals surface area contributed by atoms with Crippen molar-refractivity contribution in [3.63, 3.8) is 0 Å². The van der Waals surface area contributed by atoms with Gasteiger partial charge >= 0.3 is 0 Å². The highest BCUT2D eigenvalue weighted by Crippen LogP contribution is 2.57. The molecule has 0 unspecified atom stereocenters. The van der Waals surface area contributed by atoms with Gasteiger partial charge in [-0.15, -0.1) is 11.8 Å². The zero-order valence-corrected chi connectivity index (χ0v) is 20.5. The van der Waals surface area contributed by atoms with Gasteiger partial charge in [-0.1, -0.05) is 30.1 Å². The average molecular weight is 516 g/mol. The lowest BCUT2D eigenvalue weighted by Crippen LogP contribution is -2.16. The van der Waals surface area contributed by atoms with Crippen LogP contribution in [0.5, 0.6) is 0 Å². The Morgan fingerprint density at radius 3 is 2.59 bits per heavy atom. The van der Waals surface area contributed by atoms with E-state index >= 15 is 0 Å². The highest BCUT2D eigenvalue weighted by molar-refractivity contribution is 7.99. The summed E-state index contributed by atoms with van der Waals surface area (Å²) in [6.45, 7) is 2.08. The molecule has 9 heteroatoms. The lowest BCUT2D eigenvalue weighted by molar-refractivity contribution is -0.115. The first-order chi connectivity index (χ1) is 16.4. The van der Waals surface area contributed by atoms with Gasteiger partial charge in [0.1, 0.15) is 11.3 Å². The fourth-order valence-electron chi connectivity index (χ4n) is 4.04. The Balaban J connectivity index is 1.35. The van der Waals surface area contributed by atoms with Crippen molar-refractivity contribution >= 4 is 57.7 Å². The van der Waals surface area contributed by atoms with Gasteiger partial charge in [-0.3, -0.25) is 9.78 Å². The number of pyridine rings is 1. The van der Waals surface area contributed by atoms with Gasteiger partial charge in [0.25, 0.3) is 0 Å². The largest absolute Gasteiger partial charge is 0.440 e. The molecule has 2 heterocycles. The molecule has 5 nitrogen and oxygen atoms in total. The van der Waals surface area contributed by atoms with Crippen LogP contribution in [0.4, 0.5) is 10.1 Å².